The quantitative estimate of drug-likeness (QED) is 0.581. The molecule has 0 saturated heterocycles. The maximum Gasteiger partial charge on any atom is 0.245 e. The summed E-state index contributed by atoms with van der Waals surface area (Å²) in [5.41, 5.74) is 0.413. The van der Waals surface area contributed by atoms with E-state index in [0.29, 0.717) is 23.1 Å². The SMILES string of the molecule is CCCOc1nsc(/N=C\N(C)C)c1C#N. The maximum atomic E-state index is 9.00. The van der Waals surface area contributed by atoms with Crippen LogP contribution in [0, 0.1) is 11.3 Å². The molecule has 0 aromatic carbocycles. The van der Waals surface area contributed by atoms with Crippen molar-refractivity contribution in [1.29, 1.82) is 5.26 Å². The highest BCUT2D eigenvalue weighted by molar-refractivity contribution is 7.10. The molecular formula is C10H14N4OS. The van der Waals surface area contributed by atoms with Gasteiger partial charge >= 0.3 is 0 Å². The van der Waals surface area contributed by atoms with Gasteiger partial charge in [-0.2, -0.15) is 9.64 Å². The molecule has 0 bridgehead atoms. The standard InChI is InChI=1S/C10H14N4OS/c1-4-5-15-9-8(6-11)10(16-13-9)12-7-14(2)3/h7H,4-5H2,1-3H3/b12-7-. The molecule has 0 aliphatic heterocycles. The largest absolute Gasteiger partial charge is 0.476 e. The summed E-state index contributed by atoms with van der Waals surface area (Å²) in [6, 6.07) is 2.07. The van der Waals surface area contributed by atoms with Crippen LogP contribution in [-0.4, -0.2) is 36.3 Å². The van der Waals surface area contributed by atoms with E-state index in [1.54, 1.807) is 11.2 Å². The molecule has 1 rings (SSSR count). The van der Waals surface area contributed by atoms with Crippen LogP contribution in [0.4, 0.5) is 5.00 Å². The van der Waals surface area contributed by atoms with Crippen LogP contribution >= 0.6 is 11.5 Å². The molecule has 1 heterocycles. The Morgan fingerprint density at radius 3 is 2.94 bits per heavy atom. The van der Waals surface area contributed by atoms with Crippen molar-refractivity contribution in [3.05, 3.63) is 5.56 Å². The molecule has 0 N–H and O–H groups in total. The molecule has 0 spiro atoms. The first kappa shape index (κ1) is 12.5. The fourth-order valence-corrected chi connectivity index (χ4v) is 1.55. The maximum absolute atomic E-state index is 9.00. The van der Waals surface area contributed by atoms with Gasteiger partial charge in [-0.3, -0.25) is 0 Å². The molecule has 0 aliphatic carbocycles. The van der Waals surface area contributed by atoms with Gasteiger partial charge in [0.2, 0.25) is 5.88 Å². The minimum atomic E-state index is 0.389. The van der Waals surface area contributed by atoms with E-state index in [1.165, 1.54) is 11.5 Å². The Bertz CT molecular complexity index is 405. The monoisotopic (exact) mass is 238 g/mol. The molecule has 16 heavy (non-hydrogen) atoms. The Labute approximate surface area is 99.1 Å². The van der Waals surface area contributed by atoms with Crippen molar-refractivity contribution >= 4 is 22.9 Å². The zero-order valence-corrected chi connectivity index (χ0v) is 10.4. The molecule has 0 radical (unpaired) electrons. The van der Waals surface area contributed by atoms with Gasteiger partial charge in [0.1, 0.15) is 6.07 Å². The third-order valence-electron chi connectivity index (χ3n) is 1.60. The van der Waals surface area contributed by atoms with E-state index >= 15 is 0 Å². The van der Waals surface area contributed by atoms with Crippen LogP contribution < -0.4 is 4.74 Å². The average molecular weight is 238 g/mol. The van der Waals surface area contributed by atoms with E-state index < -0.39 is 0 Å². The smallest absolute Gasteiger partial charge is 0.245 e. The molecular weight excluding hydrogens is 224 g/mol. The summed E-state index contributed by atoms with van der Waals surface area (Å²) in [5, 5.41) is 9.59. The first-order valence-corrected chi connectivity index (χ1v) is 5.69. The van der Waals surface area contributed by atoms with Crippen molar-refractivity contribution in [1.82, 2.24) is 9.27 Å². The summed E-state index contributed by atoms with van der Waals surface area (Å²) in [5.74, 6) is 0.389. The normalized spacial score (nSPS) is 10.4. The lowest BCUT2D eigenvalue weighted by molar-refractivity contribution is 0.307. The molecule has 0 unspecified atom stereocenters. The van der Waals surface area contributed by atoms with Crippen LogP contribution in [0.15, 0.2) is 4.99 Å². The first-order chi connectivity index (χ1) is 7.69. The predicted octanol–water partition coefficient (Wildman–Crippen LogP) is 2.02. The summed E-state index contributed by atoms with van der Waals surface area (Å²) in [6.45, 7) is 2.57. The van der Waals surface area contributed by atoms with Crippen molar-refractivity contribution in [2.24, 2.45) is 4.99 Å². The van der Waals surface area contributed by atoms with Gasteiger partial charge < -0.3 is 9.64 Å². The molecule has 86 valence electrons. The highest BCUT2D eigenvalue weighted by Crippen LogP contribution is 2.31. The molecule has 0 aliphatic rings. The lowest BCUT2D eigenvalue weighted by Gasteiger charge is -2.01. The molecule has 1 aromatic rings. The highest BCUT2D eigenvalue weighted by atomic mass is 32.1. The number of ether oxygens (including phenoxy) is 1. The van der Waals surface area contributed by atoms with E-state index in [9.17, 15) is 0 Å². The second-order valence-corrected chi connectivity index (χ2v) is 4.09. The van der Waals surface area contributed by atoms with E-state index in [-0.39, 0.29) is 0 Å². The molecule has 0 amide bonds. The fraction of sp³-hybridized carbons (Fsp3) is 0.500. The van der Waals surface area contributed by atoms with Crippen LogP contribution in [0.5, 0.6) is 5.88 Å². The fourth-order valence-electron chi connectivity index (χ4n) is 0.916. The Morgan fingerprint density at radius 2 is 2.38 bits per heavy atom. The molecule has 0 fully saturated rings. The topological polar surface area (TPSA) is 61.5 Å². The van der Waals surface area contributed by atoms with Crippen LogP contribution in [0.3, 0.4) is 0 Å². The van der Waals surface area contributed by atoms with Crippen molar-refractivity contribution < 1.29 is 4.74 Å². The molecule has 5 nitrogen and oxygen atoms in total. The van der Waals surface area contributed by atoms with Gasteiger partial charge in [-0.1, -0.05) is 6.92 Å². The third kappa shape index (κ3) is 3.21. The summed E-state index contributed by atoms with van der Waals surface area (Å²) in [6.07, 6.45) is 2.52. The zero-order chi connectivity index (χ0) is 12.0. The van der Waals surface area contributed by atoms with Gasteiger partial charge in [0, 0.05) is 14.1 Å². The average Bonchev–Trinajstić information content (AvgIpc) is 2.65. The highest BCUT2D eigenvalue weighted by Gasteiger charge is 2.13. The van der Waals surface area contributed by atoms with E-state index in [4.69, 9.17) is 10.00 Å². The van der Waals surface area contributed by atoms with E-state index in [2.05, 4.69) is 15.4 Å². The van der Waals surface area contributed by atoms with Crippen molar-refractivity contribution in [2.75, 3.05) is 20.7 Å². The second-order valence-electron chi connectivity index (χ2n) is 3.34. The minimum Gasteiger partial charge on any atom is -0.476 e. The van der Waals surface area contributed by atoms with Crippen LogP contribution in [0.1, 0.15) is 18.9 Å². The van der Waals surface area contributed by atoms with Crippen LogP contribution in [-0.2, 0) is 0 Å². The third-order valence-corrected chi connectivity index (χ3v) is 2.34. The molecule has 6 heteroatoms. The summed E-state index contributed by atoms with van der Waals surface area (Å²) >= 11 is 1.17. The van der Waals surface area contributed by atoms with E-state index in [1.807, 2.05) is 21.0 Å². The van der Waals surface area contributed by atoms with Gasteiger partial charge in [-0.25, -0.2) is 4.99 Å². The Morgan fingerprint density at radius 1 is 1.62 bits per heavy atom. The van der Waals surface area contributed by atoms with E-state index in [0.717, 1.165) is 6.42 Å². The Balaban J connectivity index is 2.87. The number of rotatable bonds is 5. The van der Waals surface area contributed by atoms with Gasteiger partial charge in [0.25, 0.3) is 0 Å². The van der Waals surface area contributed by atoms with Crippen LogP contribution in [0.2, 0.25) is 0 Å². The number of hydrogen-bond donors (Lipinski definition) is 0. The van der Waals surface area contributed by atoms with Gasteiger partial charge in [0.15, 0.2) is 10.6 Å². The summed E-state index contributed by atoms with van der Waals surface area (Å²) < 4.78 is 9.42. The molecule has 1 aromatic heterocycles. The van der Waals surface area contributed by atoms with Crippen molar-refractivity contribution in [2.45, 2.75) is 13.3 Å². The zero-order valence-electron chi connectivity index (χ0n) is 9.60. The Hall–Kier alpha value is -1.61. The second kappa shape index (κ2) is 6.08. The lowest BCUT2D eigenvalue weighted by Crippen LogP contribution is -2.06. The Kier molecular flexibility index (Phi) is 4.73. The molecule has 0 atom stereocenters. The minimum absolute atomic E-state index is 0.389. The van der Waals surface area contributed by atoms with Gasteiger partial charge in [-0.05, 0) is 18.0 Å². The predicted molar refractivity (Wildman–Crippen MR) is 64.5 cm³/mol. The van der Waals surface area contributed by atoms with Gasteiger partial charge in [-0.15, -0.1) is 0 Å². The van der Waals surface area contributed by atoms with Gasteiger partial charge in [0.05, 0.1) is 12.9 Å². The number of hydrogen-bond acceptors (Lipinski definition) is 5. The van der Waals surface area contributed by atoms with Crippen LogP contribution in [0.25, 0.3) is 0 Å². The van der Waals surface area contributed by atoms with Crippen molar-refractivity contribution in [3.63, 3.8) is 0 Å². The summed E-state index contributed by atoms with van der Waals surface area (Å²) in [4.78, 5) is 5.96. The van der Waals surface area contributed by atoms with Crippen molar-refractivity contribution in [3.8, 4) is 11.9 Å². The number of nitriles is 1. The number of aliphatic imine (C=N–C) groups is 1. The molecule has 0 saturated carbocycles. The lowest BCUT2D eigenvalue weighted by atomic mass is 10.3. The number of nitrogens with zero attached hydrogens (tertiary/aromatic N) is 4. The summed E-state index contributed by atoms with van der Waals surface area (Å²) in [7, 11) is 3.73. The number of aromatic nitrogens is 1. The first-order valence-electron chi connectivity index (χ1n) is 4.92.